The van der Waals surface area contributed by atoms with Crippen LogP contribution in [0, 0.1) is 6.92 Å². The second-order valence-electron chi connectivity index (χ2n) is 5.60. The van der Waals surface area contributed by atoms with Crippen LogP contribution in [0.3, 0.4) is 0 Å². The molecule has 0 aromatic heterocycles. The summed E-state index contributed by atoms with van der Waals surface area (Å²) in [7, 11) is 0. The number of carbonyl (C=O) groups excluding carboxylic acids is 1. The van der Waals surface area contributed by atoms with Gasteiger partial charge in [0.2, 0.25) is 5.91 Å². The van der Waals surface area contributed by atoms with Crippen LogP contribution in [0.25, 0.3) is 0 Å². The number of aryl methyl sites for hydroxylation is 1. The van der Waals surface area contributed by atoms with E-state index in [4.69, 9.17) is 0 Å². The number of rotatable bonds is 1. The van der Waals surface area contributed by atoms with Gasteiger partial charge in [-0.1, -0.05) is 42.0 Å². The van der Waals surface area contributed by atoms with Gasteiger partial charge in [-0.2, -0.15) is 0 Å². The van der Waals surface area contributed by atoms with Crippen molar-refractivity contribution < 1.29 is 4.79 Å². The van der Waals surface area contributed by atoms with Crippen LogP contribution < -0.4 is 10.2 Å². The Bertz CT molecular complexity index is 692. The molecule has 0 bridgehead atoms. The van der Waals surface area contributed by atoms with Gasteiger partial charge in [-0.3, -0.25) is 9.69 Å². The highest BCUT2D eigenvalue weighted by Gasteiger charge is 2.52. The van der Waals surface area contributed by atoms with Gasteiger partial charge in [0.1, 0.15) is 5.66 Å². The summed E-state index contributed by atoms with van der Waals surface area (Å²) in [5, 5.41) is 3.58. The average molecular weight is 264 g/mol. The number of para-hydroxylation sites is 2. The second kappa shape index (κ2) is 3.85. The summed E-state index contributed by atoms with van der Waals surface area (Å²) in [6.07, 6.45) is 1.40. The van der Waals surface area contributed by atoms with Gasteiger partial charge in [-0.15, -0.1) is 0 Å². The van der Waals surface area contributed by atoms with Crippen LogP contribution in [0.2, 0.25) is 0 Å². The van der Waals surface area contributed by atoms with E-state index in [0.29, 0.717) is 6.42 Å². The van der Waals surface area contributed by atoms with Crippen LogP contribution in [-0.2, 0) is 10.5 Å². The molecule has 2 aromatic carbocycles. The van der Waals surface area contributed by atoms with Crippen LogP contribution in [-0.4, -0.2) is 5.91 Å². The third kappa shape index (κ3) is 1.38. The van der Waals surface area contributed by atoms with E-state index in [1.165, 1.54) is 5.56 Å². The van der Waals surface area contributed by atoms with Crippen LogP contribution in [0.5, 0.6) is 0 Å². The Morgan fingerprint density at radius 3 is 2.65 bits per heavy atom. The van der Waals surface area contributed by atoms with Gasteiger partial charge < -0.3 is 5.32 Å². The van der Waals surface area contributed by atoms with Gasteiger partial charge in [0.15, 0.2) is 0 Å². The van der Waals surface area contributed by atoms with Crippen molar-refractivity contribution in [3.63, 3.8) is 0 Å². The van der Waals surface area contributed by atoms with Crippen molar-refractivity contribution in [1.29, 1.82) is 0 Å². The maximum atomic E-state index is 12.3. The summed E-state index contributed by atoms with van der Waals surface area (Å²) in [5.41, 5.74) is 4.03. The molecular weight excluding hydrogens is 248 g/mol. The van der Waals surface area contributed by atoms with E-state index < -0.39 is 5.66 Å². The molecule has 3 nitrogen and oxygen atoms in total. The first-order chi connectivity index (χ1) is 9.71. The van der Waals surface area contributed by atoms with Crippen molar-refractivity contribution in [3.05, 3.63) is 59.7 Å². The van der Waals surface area contributed by atoms with Crippen molar-refractivity contribution in [2.24, 2.45) is 0 Å². The normalized spacial score (nSPS) is 23.4. The van der Waals surface area contributed by atoms with Crippen molar-refractivity contribution in [3.8, 4) is 0 Å². The Kier molecular flexibility index (Phi) is 2.22. The molecule has 0 aliphatic carbocycles. The highest BCUT2D eigenvalue weighted by atomic mass is 16.2. The maximum absolute atomic E-state index is 12.3. The minimum absolute atomic E-state index is 0.197. The minimum Gasteiger partial charge on any atom is -0.357 e. The molecule has 3 heteroatoms. The largest absolute Gasteiger partial charge is 0.357 e. The first kappa shape index (κ1) is 11.5. The Morgan fingerprint density at radius 2 is 1.85 bits per heavy atom. The molecule has 20 heavy (non-hydrogen) atoms. The molecule has 2 heterocycles. The minimum atomic E-state index is -0.394. The fraction of sp³-hybridized carbons (Fsp3) is 0.235. The third-order valence-corrected chi connectivity index (χ3v) is 4.35. The fourth-order valence-corrected chi connectivity index (χ4v) is 3.35. The molecule has 0 saturated carbocycles. The Morgan fingerprint density at radius 1 is 1.10 bits per heavy atom. The van der Waals surface area contributed by atoms with E-state index in [-0.39, 0.29) is 5.91 Å². The predicted octanol–water partition coefficient (Wildman–Crippen LogP) is 3.40. The molecule has 1 fully saturated rings. The van der Waals surface area contributed by atoms with Crippen LogP contribution >= 0.6 is 0 Å². The molecule has 1 saturated heterocycles. The molecule has 1 unspecified atom stereocenters. The Labute approximate surface area is 118 Å². The summed E-state index contributed by atoms with van der Waals surface area (Å²) < 4.78 is 0. The highest BCUT2D eigenvalue weighted by molar-refractivity contribution is 6.04. The first-order valence-electron chi connectivity index (χ1n) is 6.98. The molecule has 2 aliphatic heterocycles. The van der Waals surface area contributed by atoms with Gasteiger partial charge in [0, 0.05) is 12.8 Å². The molecule has 1 amide bonds. The zero-order valence-corrected chi connectivity index (χ0v) is 11.4. The maximum Gasteiger partial charge on any atom is 0.229 e. The quantitative estimate of drug-likeness (QED) is 0.856. The van der Waals surface area contributed by atoms with Gasteiger partial charge in [0.25, 0.3) is 0 Å². The third-order valence-electron chi connectivity index (χ3n) is 4.35. The lowest BCUT2D eigenvalue weighted by atomic mass is 9.96. The topological polar surface area (TPSA) is 32.3 Å². The lowest BCUT2D eigenvalue weighted by Crippen LogP contribution is -2.44. The Balaban J connectivity index is 1.90. The van der Waals surface area contributed by atoms with Gasteiger partial charge in [-0.05, 0) is 24.6 Å². The molecule has 2 aromatic rings. The number of fused-ring (bicyclic) bond motifs is 3. The number of hydrogen-bond donors (Lipinski definition) is 1. The van der Waals surface area contributed by atoms with Crippen molar-refractivity contribution in [1.82, 2.24) is 0 Å². The summed E-state index contributed by atoms with van der Waals surface area (Å²) in [6, 6.07) is 16.5. The lowest BCUT2D eigenvalue weighted by molar-refractivity contribution is -0.117. The van der Waals surface area contributed by atoms with Gasteiger partial charge in [-0.25, -0.2) is 0 Å². The zero-order valence-electron chi connectivity index (χ0n) is 11.4. The van der Waals surface area contributed by atoms with Crippen LogP contribution in [0.15, 0.2) is 48.5 Å². The number of nitrogens with zero attached hydrogens (tertiary/aromatic N) is 1. The molecular formula is C17H16N2O. The van der Waals surface area contributed by atoms with Crippen LogP contribution in [0.1, 0.15) is 24.0 Å². The average Bonchev–Trinajstić information content (AvgIpc) is 2.96. The second-order valence-corrected chi connectivity index (χ2v) is 5.60. The van der Waals surface area contributed by atoms with Gasteiger partial charge in [0.05, 0.1) is 11.4 Å². The zero-order chi connectivity index (χ0) is 13.7. The lowest BCUT2D eigenvalue weighted by Gasteiger charge is -2.33. The summed E-state index contributed by atoms with van der Waals surface area (Å²) >= 11 is 0. The number of benzene rings is 2. The van der Waals surface area contributed by atoms with Gasteiger partial charge >= 0.3 is 0 Å². The monoisotopic (exact) mass is 264 g/mol. The number of anilines is 2. The van der Waals surface area contributed by atoms with Crippen molar-refractivity contribution >= 4 is 17.3 Å². The molecule has 2 aliphatic rings. The van der Waals surface area contributed by atoms with Crippen molar-refractivity contribution in [2.75, 3.05) is 10.2 Å². The number of carbonyl (C=O) groups is 1. The molecule has 4 rings (SSSR count). The van der Waals surface area contributed by atoms with Crippen molar-refractivity contribution in [2.45, 2.75) is 25.4 Å². The number of amides is 1. The van der Waals surface area contributed by atoms with E-state index in [2.05, 4.69) is 36.5 Å². The number of nitrogens with one attached hydrogen (secondary N) is 1. The fourth-order valence-electron chi connectivity index (χ4n) is 3.35. The first-order valence-corrected chi connectivity index (χ1v) is 6.98. The number of hydrogen-bond acceptors (Lipinski definition) is 2. The predicted molar refractivity (Wildman–Crippen MR) is 79.6 cm³/mol. The molecule has 1 N–H and O–H groups in total. The smallest absolute Gasteiger partial charge is 0.229 e. The molecule has 0 radical (unpaired) electrons. The summed E-state index contributed by atoms with van der Waals surface area (Å²) in [4.78, 5) is 14.3. The SMILES string of the molecule is Cc1ccc(C23CCC(=O)N2c2ccccc2N3)cc1. The summed E-state index contributed by atoms with van der Waals surface area (Å²) in [5.74, 6) is 0.197. The highest BCUT2D eigenvalue weighted by Crippen LogP contribution is 2.51. The molecule has 100 valence electrons. The summed E-state index contributed by atoms with van der Waals surface area (Å²) in [6.45, 7) is 2.08. The van der Waals surface area contributed by atoms with Crippen LogP contribution in [0.4, 0.5) is 11.4 Å². The van der Waals surface area contributed by atoms with E-state index in [0.717, 1.165) is 23.4 Å². The molecule has 0 spiro atoms. The van der Waals surface area contributed by atoms with E-state index in [1.54, 1.807) is 0 Å². The van der Waals surface area contributed by atoms with E-state index in [9.17, 15) is 4.79 Å². The standard InChI is InChI=1S/C17H16N2O/c1-12-6-8-13(9-7-12)17-11-10-16(20)19(17)15-5-3-2-4-14(15)18-17/h2-9,18H,10-11H2,1H3. The van der Waals surface area contributed by atoms with E-state index in [1.807, 2.05) is 29.2 Å². The Hall–Kier alpha value is -2.29. The molecule has 1 atom stereocenters. The van der Waals surface area contributed by atoms with E-state index >= 15 is 0 Å².